The smallest absolute Gasteiger partial charge is 0.339 e. The maximum atomic E-state index is 12.1. The van der Waals surface area contributed by atoms with Gasteiger partial charge in [0.15, 0.2) is 5.75 Å². The lowest BCUT2D eigenvalue weighted by molar-refractivity contribution is 0.0692. The number of aliphatic hydroxyl groups is 1. The van der Waals surface area contributed by atoms with Crippen LogP contribution in [0.4, 0.5) is 0 Å². The molecule has 1 atom stereocenters. The van der Waals surface area contributed by atoms with Crippen molar-refractivity contribution < 1.29 is 28.2 Å². The number of hydrogen-bond acceptors (Lipinski definition) is 5. The van der Waals surface area contributed by atoms with E-state index >= 15 is 0 Å². The zero-order valence-electron chi connectivity index (χ0n) is 10.8. The highest BCUT2D eigenvalue weighted by Crippen LogP contribution is 2.31. The van der Waals surface area contributed by atoms with Crippen LogP contribution in [0.3, 0.4) is 0 Å². The second-order valence-electron chi connectivity index (χ2n) is 3.99. The number of rotatable bonds is 6. The van der Waals surface area contributed by atoms with Gasteiger partial charge in [-0.3, -0.25) is 0 Å². The molecule has 3 N–H and O–H groups in total. The van der Waals surface area contributed by atoms with Crippen molar-refractivity contribution in [2.24, 2.45) is 0 Å². The van der Waals surface area contributed by atoms with Crippen LogP contribution in [0.15, 0.2) is 17.0 Å². The van der Waals surface area contributed by atoms with Crippen molar-refractivity contribution in [2.45, 2.75) is 17.9 Å². The Morgan fingerprint density at radius 3 is 2.55 bits per heavy atom. The first-order chi connectivity index (χ1) is 9.19. The second kappa shape index (κ2) is 6.40. The lowest BCUT2D eigenvalue weighted by Crippen LogP contribution is -2.31. The van der Waals surface area contributed by atoms with Crippen LogP contribution < -0.4 is 9.46 Å². The molecule has 0 aromatic heterocycles. The Hall–Kier alpha value is -1.35. The Bertz CT molecular complexity index is 614. The maximum absolute atomic E-state index is 12.1. The first kappa shape index (κ1) is 16.7. The van der Waals surface area contributed by atoms with E-state index in [1.165, 1.54) is 6.92 Å². The fourth-order valence-corrected chi connectivity index (χ4v) is 3.06. The largest absolute Gasteiger partial charge is 0.494 e. The van der Waals surface area contributed by atoms with Gasteiger partial charge in [-0.15, -0.1) is 0 Å². The highest BCUT2D eigenvalue weighted by molar-refractivity contribution is 7.89. The van der Waals surface area contributed by atoms with Crippen LogP contribution in [0.2, 0.25) is 5.02 Å². The number of nitrogens with one attached hydrogen (secondary N) is 1. The van der Waals surface area contributed by atoms with E-state index in [0.29, 0.717) is 0 Å². The van der Waals surface area contributed by atoms with Gasteiger partial charge < -0.3 is 14.9 Å². The first-order valence-electron chi connectivity index (χ1n) is 5.47. The molecule has 0 unspecified atom stereocenters. The second-order valence-corrected chi connectivity index (χ2v) is 6.16. The summed E-state index contributed by atoms with van der Waals surface area (Å²) >= 11 is 5.73. The molecule has 0 heterocycles. The topological polar surface area (TPSA) is 113 Å². The van der Waals surface area contributed by atoms with Gasteiger partial charge in [0.05, 0.1) is 13.2 Å². The fraction of sp³-hybridized carbons (Fsp3) is 0.364. The van der Waals surface area contributed by atoms with Crippen molar-refractivity contribution in [3.8, 4) is 5.75 Å². The molecule has 0 spiro atoms. The van der Waals surface area contributed by atoms with Crippen molar-refractivity contribution >= 4 is 27.6 Å². The summed E-state index contributed by atoms with van der Waals surface area (Å²) in [5.74, 6) is -1.68. The molecule has 0 fully saturated rings. The van der Waals surface area contributed by atoms with Gasteiger partial charge in [-0.1, -0.05) is 11.6 Å². The summed E-state index contributed by atoms with van der Waals surface area (Å²) in [5, 5.41) is 18.1. The van der Waals surface area contributed by atoms with E-state index < -0.39 is 27.0 Å². The number of carbonyl (C=O) groups is 1. The zero-order valence-corrected chi connectivity index (χ0v) is 12.3. The number of aliphatic hydroxyl groups excluding tert-OH is 1. The number of benzene rings is 1. The lowest BCUT2D eigenvalue weighted by Gasteiger charge is -2.14. The molecule has 0 bridgehead atoms. The standard InChI is InChI=1S/C11H14ClNO6S/c1-6(14)5-13-20(17,18)9-4-7(12)3-8(11(15)16)10(9)19-2/h3-4,6,13-14H,5H2,1-2H3,(H,15,16)/t6-/m1/s1. The summed E-state index contributed by atoms with van der Waals surface area (Å²) in [4.78, 5) is 10.7. The molecule has 0 aliphatic heterocycles. The van der Waals surface area contributed by atoms with Crippen LogP contribution in [0.25, 0.3) is 0 Å². The minimum atomic E-state index is -4.06. The zero-order chi connectivity index (χ0) is 15.5. The summed E-state index contributed by atoms with van der Waals surface area (Å²) in [5.41, 5.74) is -0.363. The Balaban J connectivity index is 3.40. The van der Waals surface area contributed by atoms with Crippen LogP contribution >= 0.6 is 11.6 Å². The fourth-order valence-electron chi connectivity index (χ4n) is 1.45. The van der Waals surface area contributed by atoms with Crippen LogP contribution in [0.5, 0.6) is 5.75 Å². The Morgan fingerprint density at radius 1 is 1.50 bits per heavy atom. The normalized spacial score (nSPS) is 13.0. The first-order valence-corrected chi connectivity index (χ1v) is 7.33. The van der Waals surface area contributed by atoms with Gasteiger partial charge in [-0.25, -0.2) is 17.9 Å². The number of sulfonamides is 1. The number of aromatic carboxylic acids is 1. The van der Waals surface area contributed by atoms with Crippen molar-refractivity contribution in [1.82, 2.24) is 4.72 Å². The minimum absolute atomic E-state index is 0.0550. The monoisotopic (exact) mass is 323 g/mol. The third-order valence-corrected chi connectivity index (χ3v) is 3.96. The highest BCUT2D eigenvalue weighted by Gasteiger charge is 2.25. The number of hydrogen-bond donors (Lipinski definition) is 3. The molecule has 7 nitrogen and oxygen atoms in total. The molecule has 9 heteroatoms. The van der Waals surface area contributed by atoms with Gasteiger partial charge in [0.2, 0.25) is 10.0 Å². The van der Waals surface area contributed by atoms with E-state index in [1.807, 2.05) is 0 Å². The van der Waals surface area contributed by atoms with Crippen molar-refractivity contribution in [2.75, 3.05) is 13.7 Å². The molecule has 0 radical (unpaired) electrons. The Morgan fingerprint density at radius 2 is 2.10 bits per heavy atom. The number of halogens is 1. The molecule has 1 aromatic rings. The molecule has 1 rings (SSSR count). The quantitative estimate of drug-likeness (QED) is 0.710. The van der Waals surface area contributed by atoms with Crippen molar-refractivity contribution in [1.29, 1.82) is 0 Å². The summed E-state index contributed by atoms with van der Waals surface area (Å²) in [6, 6.07) is 2.17. The van der Waals surface area contributed by atoms with E-state index in [4.69, 9.17) is 26.6 Å². The summed E-state index contributed by atoms with van der Waals surface area (Å²) in [6.07, 6.45) is -0.895. The van der Waals surface area contributed by atoms with Crippen LogP contribution in [-0.4, -0.2) is 44.4 Å². The van der Waals surface area contributed by atoms with Gasteiger partial charge in [0, 0.05) is 11.6 Å². The summed E-state index contributed by atoms with van der Waals surface area (Å²) in [6.45, 7) is 1.18. The molecular formula is C11H14ClNO6S. The van der Waals surface area contributed by atoms with Gasteiger partial charge in [-0.05, 0) is 19.1 Å². The lowest BCUT2D eigenvalue weighted by atomic mass is 10.2. The third kappa shape index (κ3) is 3.83. The molecule has 0 saturated carbocycles. The number of ether oxygens (including phenoxy) is 1. The Labute approximate surface area is 121 Å². The molecule has 1 aromatic carbocycles. The highest BCUT2D eigenvalue weighted by atomic mass is 35.5. The minimum Gasteiger partial charge on any atom is -0.494 e. The van der Waals surface area contributed by atoms with Crippen LogP contribution in [0, 0.1) is 0 Å². The van der Waals surface area contributed by atoms with Crippen LogP contribution in [0.1, 0.15) is 17.3 Å². The molecule has 112 valence electrons. The molecular weight excluding hydrogens is 310 g/mol. The third-order valence-electron chi connectivity index (χ3n) is 2.31. The number of methoxy groups -OCH3 is 1. The predicted octanol–water partition coefficient (Wildman–Crippen LogP) is 0.706. The van der Waals surface area contributed by atoms with E-state index in [0.717, 1.165) is 19.2 Å². The Kier molecular flexibility index (Phi) is 5.35. The average molecular weight is 324 g/mol. The number of carboxylic acids is 1. The molecule has 0 saturated heterocycles. The summed E-state index contributed by atoms with van der Waals surface area (Å²) in [7, 11) is -2.90. The SMILES string of the molecule is COc1c(C(=O)O)cc(Cl)cc1S(=O)(=O)NC[C@@H](C)O. The molecule has 0 aliphatic carbocycles. The maximum Gasteiger partial charge on any atom is 0.339 e. The molecule has 20 heavy (non-hydrogen) atoms. The molecule has 0 aliphatic rings. The van der Waals surface area contributed by atoms with Gasteiger partial charge in [-0.2, -0.15) is 0 Å². The molecule has 0 amide bonds. The summed E-state index contributed by atoms with van der Waals surface area (Å²) < 4.78 is 31.2. The van der Waals surface area contributed by atoms with E-state index in [9.17, 15) is 13.2 Å². The number of carboxylic acid groups (broad SMARTS) is 1. The average Bonchev–Trinajstić information content (AvgIpc) is 2.35. The van der Waals surface area contributed by atoms with E-state index in [2.05, 4.69) is 4.72 Å². The van der Waals surface area contributed by atoms with Gasteiger partial charge >= 0.3 is 5.97 Å². The van der Waals surface area contributed by atoms with Crippen molar-refractivity contribution in [3.05, 3.63) is 22.7 Å². The van der Waals surface area contributed by atoms with Gasteiger partial charge in [0.1, 0.15) is 10.5 Å². The van der Waals surface area contributed by atoms with Crippen molar-refractivity contribution in [3.63, 3.8) is 0 Å². The van der Waals surface area contributed by atoms with E-state index in [-0.39, 0.29) is 22.9 Å². The van der Waals surface area contributed by atoms with Gasteiger partial charge in [0.25, 0.3) is 0 Å². The van der Waals surface area contributed by atoms with Crippen LogP contribution in [-0.2, 0) is 10.0 Å². The van der Waals surface area contributed by atoms with E-state index in [1.54, 1.807) is 0 Å². The predicted molar refractivity (Wildman–Crippen MR) is 71.8 cm³/mol.